The molecule has 1 aromatic heterocycles. The quantitative estimate of drug-likeness (QED) is 0.667. The van der Waals surface area contributed by atoms with E-state index in [9.17, 15) is 0 Å². The molecule has 2 heterocycles. The second kappa shape index (κ2) is 6.98. The van der Waals surface area contributed by atoms with Crippen LogP contribution < -0.4 is 4.90 Å². The van der Waals surface area contributed by atoms with Crippen molar-refractivity contribution in [1.82, 2.24) is 15.0 Å². The second-order valence-electron chi connectivity index (χ2n) is 6.22. The Morgan fingerprint density at radius 3 is 2.84 bits per heavy atom. The van der Waals surface area contributed by atoms with Gasteiger partial charge in [-0.2, -0.15) is 0 Å². The van der Waals surface area contributed by atoms with Crippen molar-refractivity contribution in [3.8, 4) is 0 Å². The van der Waals surface area contributed by atoms with E-state index in [2.05, 4.69) is 74.5 Å². The number of halogens is 1. The summed E-state index contributed by atoms with van der Waals surface area (Å²) in [6.07, 6.45) is 1.79. The number of rotatable bonds is 4. The van der Waals surface area contributed by atoms with Crippen molar-refractivity contribution in [3.05, 3.63) is 76.0 Å². The summed E-state index contributed by atoms with van der Waals surface area (Å²) in [6.45, 7) is 4.32. The highest BCUT2D eigenvalue weighted by Gasteiger charge is 2.29. The fourth-order valence-corrected chi connectivity index (χ4v) is 3.49. The van der Waals surface area contributed by atoms with Crippen molar-refractivity contribution in [2.45, 2.75) is 19.7 Å². The van der Waals surface area contributed by atoms with Crippen molar-refractivity contribution in [3.63, 3.8) is 0 Å². The van der Waals surface area contributed by atoms with Crippen molar-refractivity contribution < 1.29 is 4.74 Å². The summed E-state index contributed by atoms with van der Waals surface area (Å²) in [5, 5.41) is 8.62. The highest BCUT2D eigenvalue weighted by molar-refractivity contribution is 9.10. The highest BCUT2D eigenvalue weighted by Crippen LogP contribution is 2.31. The number of aryl methyl sites for hydroxylation is 1. The van der Waals surface area contributed by atoms with Gasteiger partial charge in [0.15, 0.2) is 6.23 Å². The van der Waals surface area contributed by atoms with Gasteiger partial charge in [0.2, 0.25) is 0 Å². The topological polar surface area (TPSA) is 43.2 Å². The molecule has 0 bridgehead atoms. The Morgan fingerprint density at radius 2 is 2.04 bits per heavy atom. The maximum Gasteiger partial charge on any atom is 0.177 e. The molecule has 1 fully saturated rings. The van der Waals surface area contributed by atoms with Crippen LogP contribution in [0.4, 0.5) is 5.69 Å². The maximum atomic E-state index is 5.92. The number of hydrogen-bond donors (Lipinski definition) is 0. The maximum absolute atomic E-state index is 5.92. The Hall–Kier alpha value is -2.18. The van der Waals surface area contributed by atoms with E-state index in [0.29, 0.717) is 13.2 Å². The Kier molecular flexibility index (Phi) is 4.55. The van der Waals surface area contributed by atoms with E-state index in [0.717, 1.165) is 22.4 Å². The summed E-state index contributed by atoms with van der Waals surface area (Å²) in [7, 11) is 0. The van der Waals surface area contributed by atoms with Crippen LogP contribution in [0, 0.1) is 6.92 Å². The molecule has 1 saturated heterocycles. The molecular formula is C19H19BrN4O. The Labute approximate surface area is 155 Å². The summed E-state index contributed by atoms with van der Waals surface area (Å²) >= 11 is 3.50. The Balaban J connectivity index is 1.53. The van der Waals surface area contributed by atoms with Gasteiger partial charge in [-0.15, -0.1) is 5.10 Å². The van der Waals surface area contributed by atoms with Gasteiger partial charge in [-0.25, -0.2) is 4.68 Å². The molecule has 0 amide bonds. The lowest BCUT2D eigenvalue weighted by Crippen LogP contribution is -2.23. The Bertz CT molecular complexity index is 862. The predicted molar refractivity (Wildman–Crippen MR) is 100 cm³/mol. The average Bonchev–Trinajstić information content (AvgIpc) is 3.24. The van der Waals surface area contributed by atoms with Crippen LogP contribution in [-0.2, 0) is 11.3 Å². The standard InChI is InChI=1S/C19H19BrN4O/c1-14-5-7-17(8-6-14)24-9-10-25-19(24)18-13-23(22-21-18)12-15-3-2-4-16(20)11-15/h2-8,11,13,19H,9-10,12H2,1H3/t19-/m0/s1. The molecule has 128 valence electrons. The molecule has 1 aliphatic heterocycles. The first-order valence-corrected chi connectivity index (χ1v) is 9.08. The van der Waals surface area contributed by atoms with Gasteiger partial charge >= 0.3 is 0 Å². The van der Waals surface area contributed by atoms with Crippen LogP contribution in [-0.4, -0.2) is 28.1 Å². The zero-order valence-corrected chi connectivity index (χ0v) is 15.6. The van der Waals surface area contributed by atoms with Gasteiger partial charge in [-0.1, -0.05) is 51.0 Å². The van der Waals surface area contributed by atoms with E-state index in [1.807, 2.05) is 23.0 Å². The largest absolute Gasteiger partial charge is 0.350 e. The lowest BCUT2D eigenvalue weighted by molar-refractivity contribution is 0.110. The van der Waals surface area contributed by atoms with Gasteiger partial charge in [-0.05, 0) is 36.8 Å². The van der Waals surface area contributed by atoms with E-state index in [1.165, 1.54) is 11.1 Å². The molecule has 5 nitrogen and oxygen atoms in total. The molecule has 3 aromatic rings. The molecule has 0 radical (unpaired) electrons. The van der Waals surface area contributed by atoms with E-state index in [-0.39, 0.29) is 6.23 Å². The summed E-state index contributed by atoms with van der Waals surface area (Å²) < 4.78 is 8.84. The summed E-state index contributed by atoms with van der Waals surface area (Å²) in [5.74, 6) is 0. The number of hydrogen-bond acceptors (Lipinski definition) is 4. The third kappa shape index (κ3) is 3.60. The highest BCUT2D eigenvalue weighted by atomic mass is 79.9. The van der Waals surface area contributed by atoms with Crippen molar-refractivity contribution >= 4 is 21.6 Å². The summed E-state index contributed by atoms with van der Waals surface area (Å²) in [4.78, 5) is 2.23. The average molecular weight is 399 g/mol. The fourth-order valence-electron chi connectivity index (χ4n) is 3.04. The zero-order valence-electron chi connectivity index (χ0n) is 14.0. The first-order valence-electron chi connectivity index (χ1n) is 8.28. The van der Waals surface area contributed by atoms with E-state index >= 15 is 0 Å². The fraction of sp³-hybridized carbons (Fsp3) is 0.263. The van der Waals surface area contributed by atoms with Crippen molar-refractivity contribution in [1.29, 1.82) is 0 Å². The van der Waals surface area contributed by atoms with Crippen LogP contribution in [0.1, 0.15) is 23.0 Å². The molecule has 1 aliphatic rings. The zero-order chi connectivity index (χ0) is 17.2. The van der Waals surface area contributed by atoms with E-state index < -0.39 is 0 Å². The van der Waals surface area contributed by atoms with Crippen LogP contribution in [0.5, 0.6) is 0 Å². The van der Waals surface area contributed by atoms with Crippen LogP contribution in [0.3, 0.4) is 0 Å². The Morgan fingerprint density at radius 1 is 1.20 bits per heavy atom. The van der Waals surface area contributed by atoms with Gasteiger partial charge < -0.3 is 9.64 Å². The molecule has 1 atom stereocenters. The minimum atomic E-state index is -0.182. The molecule has 25 heavy (non-hydrogen) atoms. The lowest BCUT2D eigenvalue weighted by atomic mass is 10.2. The molecule has 0 spiro atoms. The van der Waals surface area contributed by atoms with Crippen LogP contribution in [0.25, 0.3) is 0 Å². The van der Waals surface area contributed by atoms with Gasteiger partial charge in [0.05, 0.1) is 19.3 Å². The van der Waals surface area contributed by atoms with Crippen LogP contribution >= 0.6 is 15.9 Å². The second-order valence-corrected chi connectivity index (χ2v) is 7.14. The molecule has 4 rings (SSSR count). The molecule has 0 aliphatic carbocycles. The monoisotopic (exact) mass is 398 g/mol. The smallest absolute Gasteiger partial charge is 0.177 e. The minimum absolute atomic E-state index is 0.182. The van der Waals surface area contributed by atoms with Crippen LogP contribution in [0.2, 0.25) is 0 Å². The van der Waals surface area contributed by atoms with E-state index in [4.69, 9.17) is 4.74 Å². The summed E-state index contributed by atoms with van der Waals surface area (Å²) in [5.41, 5.74) is 4.41. The molecular weight excluding hydrogens is 380 g/mol. The van der Waals surface area contributed by atoms with Crippen molar-refractivity contribution in [2.24, 2.45) is 0 Å². The molecule has 0 saturated carbocycles. The molecule has 6 heteroatoms. The number of aromatic nitrogens is 3. The lowest BCUT2D eigenvalue weighted by Gasteiger charge is -2.23. The normalized spacial score (nSPS) is 17.2. The third-order valence-corrected chi connectivity index (χ3v) is 4.79. The number of nitrogens with zero attached hydrogens (tertiary/aromatic N) is 4. The first kappa shape index (κ1) is 16.3. The number of ether oxygens (including phenoxy) is 1. The minimum Gasteiger partial charge on any atom is -0.350 e. The van der Waals surface area contributed by atoms with Crippen LogP contribution in [0.15, 0.2) is 59.2 Å². The number of anilines is 1. The predicted octanol–water partition coefficient (Wildman–Crippen LogP) is 3.93. The summed E-state index contributed by atoms with van der Waals surface area (Å²) in [6, 6.07) is 16.7. The van der Waals surface area contributed by atoms with Gasteiger partial charge in [0.1, 0.15) is 5.69 Å². The van der Waals surface area contributed by atoms with Gasteiger partial charge in [-0.3, -0.25) is 0 Å². The van der Waals surface area contributed by atoms with Gasteiger partial charge in [0, 0.05) is 16.7 Å². The number of benzene rings is 2. The van der Waals surface area contributed by atoms with Gasteiger partial charge in [0.25, 0.3) is 0 Å². The van der Waals surface area contributed by atoms with Crippen molar-refractivity contribution in [2.75, 3.05) is 18.1 Å². The molecule has 0 N–H and O–H groups in total. The molecule has 0 unspecified atom stereocenters. The SMILES string of the molecule is Cc1ccc(N2CCO[C@H]2c2cn(Cc3cccc(Br)c3)nn2)cc1. The first-order chi connectivity index (χ1) is 12.2. The third-order valence-electron chi connectivity index (χ3n) is 4.30. The molecule has 2 aromatic carbocycles. The van der Waals surface area contributed by atoms with E-state index in [1.54, 1.807) is 0 Å².